The van der Waals surface area contributed by atoms with Crippen LogP contribution in [0.5, 0.6) is 0 Å². The Kier molecular flexibility index (Phi) is 3.35. The fourth-order valence-electron chi connectivity index (χ4n) is 3.87. The van der Waals surface area contributed by atoms with E-state index in [2.05, 4.69) is 24.1 Å². The Bertz CT molecular complexity index is 318. The average molecular weight is 250 g/mol. The van der Waals surface area contributed by atoms with E-state index in [9.17, 15) is 4.79 Å². The van der Waals surface area contributed by atoms with Gasteiger partial charge in [-0.15, -0.1) is 0 Å². The highest BCUT2D eigenvalue weighted by molar-refractivity contribution is 5.82. The fraction of sp³-hybridized carbons (Fsp3) is 0.933. The van der Waals surface area contributed by atoms with E-state index in [4.69, 9.17) is 0 Å². The lowest BCUT2D eigenvalue weighted by molar-refractivity contribution is -0.136. The van der Waals surface area contributed by atoms with Crippen molar-refractivity contribution >= 4 is 5.91 Å². The number of nitrogens with zero attached hydrogens (tertiary/aromatic N) is 1. The summed E-state index contributed by atoms with van der Waals surface area (Å²) in [7, 11) is 0. The highest BCUT2D eigenvalue weighted by atomic mass is 16.2. The highest BCUT2D eigenvalue weighted by Crippen LogP contribution is 2.41. The van der Waals surface area contributed by atoms with Gasteiger partial charge in [0.1, 0.15) is 0 Å². The zero-order chi connectivity index (χ0) is 12.7. The Morgan fingerprint density at radius 2 is 1.83 bits per heavy atom. The molecule has 0 aromatic carbocycles. The molecule has 0 radical (unpaired) electrons. The van der Waals surface area contributed by atoms with Crippen molar-refractivity contribution in [2.45, 2.75) is 70.5 Å². The predicted octanol–water partition coefficient (Wildman–Crippen LogP) is 2.16. The summed E-state index contributed by atoms with van der Waals surface area (Å²) in [4.78, 5) is 14.8. The van der Waals surface area contributed by atoms with E-state index in [-0.39, 0.29) is 0 Å². The lowest BCUT2D eigenvalue weighted by atomic mass is 9.97. The lowest BCUT2D eigenvalue weighted by Gasteiger charge is -2.38. The minimum absolute atomic E-state index is 0.351. The first-order valence-corrected chi connectivity index (χ1v) is 7.75. The number of rotatable bonds is 4. The van der Waals surface area contributed by atoms with Crippen LogP contribution in [-0.4, -0.2) is 35.5 Å². The smallest absolute Gasteiger partial charge is 0.226 e. The summed E-state index contributed by atoms with van der Waals surface area (Å²) in [5, 5.41) is 3.67. The predicted molar refractivity (Wildman–Crippen MR) is 72.2 cm³/mol. The molecule has 2 bridgehead atoms. The van der Waals surface area contributed by atoms with E-state index in [0.717, 1.165) is 19.4 Å². The van der Waals surface area contributed by atoms with Crippen molar-refractivity contribution in [3.05, 3.63) is 0 Å². The van der Waals surface area contributed by atoms with Crippen molar-refractivity contribution in [2.75, 3.05) is 6.54 Å². The zero-order valence-corrected chi connectivity index (χ0v) is 11.7. The van der Waals surface area contributed by atoms with Crippen molar-refractivity contribution < 1.29 is 4.79 Å². The summed E-state index contributed by atoms with van der Waals surface area (Å²) in [5.74, 6) is 1.44. The monoisotopic (exact) mass is 250 g/mol. The van der Waals surface area contributed by atoms with Crippen LogP contribution in [0.15, 0.2) is 0 Å². The van der Waals surface area contributed by atoms with Gasteiger partial charge in [0.15, 0.2) is 0 Å². The maximum absolute atomic E-state index is 12.5. The molecule has 2 heterocycles. The van der Waals surface area contributed by atoms with Crippen LogP contribution in [0.3, 0.4) is 0 Å². The topological polar surface area (TPSA) is 32.3 Å². The summed E-state index contributed by atoms with van der Waals surface area (Å²) in [5.41, 5.74) is 0. The van der Waals surface area contributed by atoms with Crippen LogP contribution in [-0.2, 0) is 4.79 Å². The van der Waals surface area contributed by atoms with Crippen LogP contribution >= 0.6 is 0 Å². The first-order valence-electron chi connectivity index (χ1n) is 7.75. The number of amides is 1. The highest BCUT2D eigenvalue weighted by Gasteiger charge is 2.44. The second-order valence-corrected chi connectivity index (χ2v) is 6.61. The van der Waals surface area contributed by atoms with Gasteiger partial charge in [-0.1, -0.05) is 13.8 Å². The van der Waals surface area contributed by atoms with Crippen molar-refractivity contribution in [1.82, 2.24) is 10.2 Å². The van der Waals surface area contributed by atoms with Gasteiger partial charge >= 0.3 is 0 Å². The number of nitrogens with one attached hydrogen (secondary N) is 1. The van der Waals surface area contributed by atoms with E-state index in [1.807, 2.05) is 0 Å². The first-order chi connectivity index (χ1) is 8.69. The molecule has 1 aliphatic carbocycles. The van der Waals surface area contributed by atoms with Crippen LogP contribution in [0.2, 0.25) is 0 Å². The molecular weight excluding hydrogens is 224 g/mol. The Hall–Kier alpha value is -0.570. The van der Waals surface area contributed by atoms with Gasteiger partial charge in [0.25, 0.3) is 0 Å². The Balaban J connectivity index is 1.67. The number of carbonyl (C=O) groups excluding carboxylic acids is 1. The first kappa shape index (κ1) is 12.5. The molecule has 3 rings (SSSR count). The van der Waals surface area contributed by atoms with Crippen molar-refractivity contribution in [2.24, 2.45) is 11.8 Å². The number of fused-ring (bicyclic) bond motifs is 2. The number of hydrogen-bond donors (Lipinski definition) is 1. The van der Waals surface area contributed by atoms with Gasteiger partial charge in [-0.3, -0.25) is 4.79 Å². The molecule has 0 aromatic rings. The summed E-state index contributed by atoms with van der Waals surface area (Å²) < 4.78 is 0. The summed E-state index contributed by atoms with van der Waals surface area (Å²) in [6.45, 7) is 5.36. The van der Waals surface area contributed by atoms with Gasteiger partial charge in [0.05, 0.1) is 0 Å². The Morgan fingerprint density at radius 3 is 2.33 bits per heavy atom. The van der Waals surface area contributed by atoms with Gasteiger partial charge in [0.2, 0.25) is 5.91 Å². The molecule has 18 heavy (non-hydrogen) atoms. The van der Waals surface area contributed by atoms with E-state index in [0.29, 0.717) is 35.9 Å². The molecule has 4 atom stereocenters. The summed E-state index contributed by atoms with van der Waals surface area (Å²) in [6.07, 6.45) is 7.21. The Labute approximate surface area is 110 Å². The summed E-state index contributed by atoms with van der Waals surface area (Å²) >= 11 is 0. The second-order valence-electron chi connectivity index (χ2n) is 6.61. The molecule has 4 unspecified atom stereocenters. The van der Waals surface area contributed by atoms with Crippen LogP contribution < -0.4 is 5.32 Å². The molecule has 1 saturated carbocycles. The maximum atomic E-state index is 12.5. The molecule has 3 heteroatoms. The van der Waals surface area contributed by atoms with Gasteiger partial charge in [-0.25, -0.2) is 0 Å². The van der Waals surface area contributed by atoms with E-state index >= 15 is 0 Å². The summed E-state index contributed by atoms with van der Waals surface area (Å²) in [6, 6.07) is 1.87. The largest absolute Gasteiger partial charge is 0.339 e. The number of piperidine rings is 1. The van der Waals surface area contributed by atoms with E-state index in [1.54, 1.807) is 0 Å². The quantitative estimate of drug-likeness (QED) is 0.829. The average Bonchev–Trinajstić information content (AvgIpc) is 3.00. The zero-order valence-electron chi connectivity index (χ0n) is 11.7. The van der Waals surface area contributed by atoms with Gasteiger partial charge < -0.3 is 10.2 Å². The minimum Gasteiger partial charge on any atom is -0.339 e. The molecule has 3 nitrogen and oxygen atoms in total. The Morgan fingerprint density at radius 1 is 1.22 bits per heavy atom. The molecule has 2 aliphatic heterocycles. The van der Waals surface area contributed by atoms with Crippen LogP contribution in [0.4, 0.5) is 0 Å². The second kappa shape index (κ2) is 4.84. The molecule has 0 aromatic heterocycles. The number of carbonyl (C=O) groups is 1. The normalized spacial score (nSPS) is 41.8. The van der Waals surface area contributed by atoms with Gasteiger partial charge in [-0.2, -0.15) is 0 Å². The minimum atomic E-state index is 0.351. The van der Waals surface area contributed by atoms with Crippen molar-refractivity contribution in [3.8, 4) is 0 Å². The number of hydrogen-bond acceptors (Lipinski definition) is 2. The fourth-order valence-corrected chi connectivity index (χ4v) is 3.87. The van der Waals surface area contributed by atoms with Gasteiger partial charge in [-0.05, 0) is 44.4 Å². The third kappa shape index (κ3) is 2.29. The standard InChI is InChI=1S/C15H26N2O/c1-3-6-17(15(18)14-7-10(14)2)13-8-11-4-5-12(9-13)16-11/h10-14,16H,3-9H2,1-2H3. The van der Waals surface area contributed by atoms with Crippen molar-refractivity contribution in [3.63, 3.8) is 0 Å². The third-order valence-corrected chi connectivity index (χ3v) is 5.06. The van der Waals surface area contributed by atoms with Crippen LogP contribution in [0.1, 0.15) is 52.4 Å². The van der Waals surface area contributed by atoms with Crippen LogP contribution in [0, 0.1) is 11.8 Å². The van der Waals surface area contributed by atoms with E-state index < -0.39 is 0 Å². The molecule has 2 saturated heterocycles. The molecule has 1 amide bonds. The molecule has 3 aliphatic rings. The third-order valence-electron chi connectivity index (χ3n) is 5.06. The molecule has 0 spiro atoms. The molecule has 1 N–H and O–H groups in total. The SMILES string of the molecule is CCCN(C(=O)C1CC1C)C1CC2CCC(C1)N2. The van der Waals surface area contributed by atoms with E-state index in [1.165, 1.54) is 25.7 Å². The molecule has 102 valence electrons. The lowest BCUT2D eigenvalue weighted by Crippen LogP contribution is -2.51. The maximum Gasteiger partial charge on any atom is 0.226 e. The van der Waals surface area contributed by atoms with Crippen LogP contribution in [0.25, 0.3) is 0 Å². The van der Waals surface area contributed by atoms with Gasteiger partial charge in [0, 0.05) is 30.6 Å². The molecular formula is C15H26N2O. The molecule has 3 fully saturated rings. The van der Waals surface area contributed by atoms with Crippen molar-refractivity contribution in [1.29, 1.82) is 0 Å².